The average Bonchev–Trinajstić information content (AvgIpc) is 2.67. The van der Waals surface area contributed by atoms with E-state index in [1.165, 1.54) is 0 Å². The van der Waals surface area contributed by atoms with Crippen molar-refractivity contribution >= 4 is 5.96 Å². The van der Waals surface area contributed by atoms with Gasteiger partial charge in [-0.15, -0.1) is 0 Å². The molecule has 1 aliphatic rings. The molecule has 1 aliphatic carbocycles. The van der Waals surface area contributed by atoms with Crippen LogP contribution in [0.25, 0.3) is 0 Å². The van der Waals surface area contributed by atoms with Gasteiger partial charge in [0.2, 0.25) is 0 Å². The molecule has 0 atom stereocenters. The van der Waals surface area contributed by atoms with Crippen LogP contribution in [0.5, 0.6) is 0 Å². The maximum Gasteiger partial charge on any atom is 0.191 e. The largest absolute Gasteiger partial charge is 0.357 e. The topological polar surface area (TPSA) is 36.4 Å². The van der Waals surface area contributed by atoms with Crippen LogP contribution in [0.2, 0.25) is 0 Å². The first kappa shape index (κ1) is 12.1. The third kappa shape index (κ3) is 4.86. The van der Waals surface area contributed by atoms with Gasteiger partial charge in [0.15, 0.2) is 5.96 Å². The molecule has 0 spiro atoms. The van der Waals surface area contributed by atoms with Crippen molar-refractivity contribution in [3.63, 3.8) is 0 Å². The van der Waals surface area contributed by atoms with E-state index in [0.29, 0.717) is 12.0 Å². The molecule has 0 unspecified atom stereocenters. The summed E-state index contributed by atoms with van der Waals surface area (Å²) in [5, 5.41) is 6.72. The summed E-state index contributed by atoms with van der Waals surface area (Å²) in [6.07, 6.45) is 6.69. The summed E-state index contributed by atoms with van der Waals surface area (Å²) in [5.41, 5.74) is 0. The molecule has 0 amide bonds. The minimum atomic E-state index is 0.537. The molecule has 0 radical (unpaired) electrons. The van der Waals surface area contributed by atoms with Crippen LogP contribution in [0, 0.1) is 5.92 Å². The molecule has 0 aliphatic heterocycles. The Kier molecular flexibility index (Phi) is 5.22. The molecule has 86 valence electrons. The number of rotatable bonds is 4. The highest BCUT2D eigenvalue weighted by molar-refractivity contribution is 5.80. The van der Waals surface area contributed by atoms with Gasteiger partial charge in [0.25, 0.3) is 0 Å². The van der Waals surface area contributed by atoms with Gasteiger partial charge in [-0.2, -0.15) is 0 Å². The van der Waals surface area contributed by atoms with Gasteiger partial charge in [-0.3, -0.25) is 4.99 Å². The Morgan fingerprint density at radius 2 is 2.07 bits per heavy atom. The molecule has 1 rings (SSSR count). The van der Waals surface area contributed by atoms with Crippen molar-refractivity contribution in [2.45, 2.75) is 39.7 Å². The summed E-state index contributed by atoms with van der Waals surface area (Å²) in [5.74, 6) is 1.57. The molecule has 0 heterocycles. The van der Waals surface area contributed by atoms with Crippen LogP contribution < -0.4 is 10.6 Å². The van der Waals surface area contributed by atoms with Crippen LogP contribution in [0.3, 0.4) is 0 Å². The minimum absolute atomic E-state index is 0.537. The van der Waals surface area contributed by atoms with Crippen molar-refractivity contribution in [3.8, 4) is 0 Å². The Bertz CT molecular complexity index is 223. The summed E-state index contributed by atoms with van der Waals surface area (Å²) < 4.78 is 0. The standard InChI is InChI=1S/C12H23N3/c1-4-13-12(14-9-10(2)3)15-11-7-5-6-8-11/h5-6,10-11H,4,7-9H2,1-3H3,(H2,13,14,15). The Hall–Kier alpha value is -0.990. The highest BCUT2D eigenvalue weighted by Crippen LogP contribution is 2.08. The fourth-order valence-corrected chi connectivity index (χ4v) is 1.52. The summed E-state index contributed by atoms with van der Waals surface area (Å²) in [7, 11) is 0. The van der Waals surface area contributed by atoms with E-state index in [1.807, 2.05) is 0 Å². The average molecular weight is 209 g/mol. The zero-order valence-electron chi connectivity index (χ0n) is 10.1. The number of nitrogens with one attached hydrogen (secondary N) is 2. The highest BCUT2D eigenvalue weighted by Gasteiger charge is 2.11. The molecule has 15 heavy (non-hydrogen) atoms. The molecule has 0 aromatic heterocycles. The predicted octanol–water partition coefficient (Wildman–Crippen LogP) is 1.92. The van der Waals surface area contributed by atoms with E-state index in [0.717, 1.165) is 31.9 Å². The number of hydrogen-bond donors (Lipinski definition) is 2. The second kappa shape index (κ2) is 6.49. The molecule has 0 saturated carbocycles. The van der Waals surface area contributed by atoms with Crippen molar-refractivity contribution < 1.29 is 0 Å². The lowest BCUT2D eigenvalue weighted by atomic mass is 10.2. The fraction of sp³-hybridized carbons (Fsp3) is 0.750. The summed E-state index contributed by atoms with van der Waals surface area (Å²) >= 11 is 0. The Labute approximate surface area is 93.1 Å². The third-order valence-corrected chi connectivity index (χ3v) is 2.31. The molecule has 0 bridgehead atoms. The second-order valence-corrected chi connectivity index (χ2v) is 4.40. The molecule has 0 aromatic rings. The van der Waals surface area contributed by atoms with Gasteiger partial charge in [0.05, 0.1) is 0 Å². The maximum atomic E-state index is 4.54. The van der Waals surface area contributed by atoms with Crippen molar-refractivity contribution in [3.05, 3.63) is 12.2 Å². The van der Waals surface area contributed by atoms with E-state index in [9.17, 15) is 0 Å². The van der Waals surface area contributed by atoms with E-state index in [2.05, 4.69) is 48.5 Å². The third-order valence-electron chi connectivity index (χ3n) is 2.31. The van der Waals surface area contributed by atoms with Crippen LogP contribution in [0.15, 0.2) is 17.1 Å². The number of nitrogens with zero attached hydrogens (tertiary/aromatic N) is 1. The highest BCUT2D eigenvalue weighted by atomic mass is 15.2. The van der Waals surface area contributed by atoms with Gasteiger partial charge in [-0.1, -0.05) is 26.0 Å². The van der Waals surface area contributed by atoms with Gasteiger partial charge in [-0.05, 0) is 25.7 Å². The van der Waals surface area contributed by atoms with E-state index >= 15 is 0 Å². The lowest BCUT2D eigenvalue weighted by molar-refractivity contribution is 0.618. The molecular formula is C12H23N3. The van der Waals surface area contributed by atoms with Gasteiger partial charge in [0, 0.05) is 19.1 Å². The zero-order valence-corrected chi connectivity index (χ0v) is 10.1. The summed E-state index contributed by atoms with van der Waals surface area (Å²) in [6, 6.07) is 0.537. The molecule has 0 saturated heterocycles. The van der Waals surface area contributed by atoms with Crippen LogP contribution in [0.4, 0.5) is 0 Å². The lowest BCUT2D eigenvalue weighted by Crippen LogP contribution is -2.42. The van der Waals surface area contributed by atoms with E-state index in [-0.39, 0.29) is 0 Å². The maximum absolute atomic E-state index is 4.54. The number of guanidine groups is 1. The monoisotopic (exact) mass is 209 g/mol. The van der Waals surface area contributed by atoms with E-state index < -0.39 is 0 Å². The van der Waals surface area contributed by atoms with Crippen LogP contribution >= 0.6 is 0 Å². The smallest absolute Gasteiger partial charge is 0.191 e. The zero-order chi connectivity index (χ0) is 11.1. The Morgan fingerprint density at radius 1 is 1.40 bits per heavy atom. The minimum Gasteiger partial charge on any atom is -0.357 e. The second-order valence-electron chi connectivity index (χ2n) is 4.40. The normalized spacial score (nSPS) is 17.5. The van der Waals surface area contributed by atoms with Crippen molar-refractivity contribution in [1.82, 2.24) is 10.6 Å². The molecule has 3 nitrogen and oxygen atoms in total. The fourth-order valence-electron chi connectivity index (χ4n) is 1.52. The van der Waals surface area contributed by atoms with E-state index in [4.69, 9.17) is 0 Å². The van der Waals surface area contributed by atoms with Gasteiger partial charge < -0.3 is 10.6 Å². The van der Waals surface area contributed by atoms with Crippen LogP contribution in [0.1, 0.15) is 33.6 Å². The van der Waals surface area contributed by atoms with Crippen molar-refractivity contribution in [1.29, 1.82) is 0 Å². The van der Waals surface area contributed by atoms with Crippen molar-refractivity contribution in [2.75, 3.05) is 13.1 Å². The summed E-state index contributed by atoms with van der Waals surface area (Å²) in [6.45, 7) is 8.27. The summed E-state index contributed by atoms with van der Waals surface area (Å²) in [4.78, 5) is 4.54. The molecular weight excluding hydrogens is 186 g/mol. The SMILES string of the molecule is CCNC(=NCC(C)C)NC1CC=CC1. The molecule has 0 aromatic carbocycles. The molecule has 2 N–H and O–H groups in total. The molecule has 0 fully saturated rings. The van der Waals surface area contributed by atoms with Gasteiger partial charge >= 0.3 is 0 Å². The predicted molar refractivity (Wildman–Crippen MR) is 66.1 cm³/mol. The Balaban J connectivity index is 2.38. The van der Waals surface area contributed by atoms with Gasteiger partial charge in [-0.25, -0.2) is 0 Å². The number of aliphatic imine (C=N–C) groups is 1. The molecule has 3 heteroatoms. The van der Waals surface area contributed by atoms with E-state index in [1.54, 1.807) is 0 Å². The first-order chi connectivity index (χ1) is 7.22. The van der Waals surface area contributed by atoms with Gasteiger partial charge in [0.1, 0.15) is 0 Å². The number of hydrogen-bond acceptors (Lipinski definition) is 1. The first-order valence-electron chi connectivity index (χ1n) is 5.92. The quantitative estimate of drug-likeness (QED) is 0.421. The first-order valence-corrected chi connectivity index (χ1v) is 5.92. The lowest BCUT2D eigenvalue weighted by Gasteiger charge is -2.17. The Morgan fingerprint density at radius 3 is 2.60 bits per heavy atom. The van der Waals surface area contributed by atoms with Crippen LogP contribution in [-0.2, 0) is 0 Å². The van der Waals surface area contributed by atoms with Crippen LogP contribution in [-0.4, -0.2) is 25.1 Å². The van der Waals surface area contributed by atoms with Crippen molar-refractivity contribution in [2.24, 2.45) is 10.9 Å².